The number of rotatable bonds is 4. The summed E-state index contributed by atoms with van der Waals surface area (Å²) < 4.78 is 11.3. The standard InChI is InChI=1S/C20H28O4/c21-19(23-15-9-3-1-4-10-15)17-13-7-8-14-18(17)20(22)24-16-11-5-2-6-12-16/h13-16H,1-12H2. The SMILES string of the molecule is O=C(OC1CCCCC1)C1=CCCC=C1C(=O)OC1CCCCC1. The number of esters is 2. The molecule has 3 rings (SSSR count). The quantitative estimate of drug-likeness (QED) is 0.717. The summed E-state index contributed by atoms with van der Waals surface area (Å²) in [6, 6.07) is 0. The number of allylic oxidation sites excluding steroid dienone is 2. The van der Waals surface area contributed by atoms with Gasteiger partial charge in [0.05, 0.1) is 11.1 Å². The fourth-order valence-corrected chi connectivity index (χ4v) is 3.86. The molecule has 24 heavy (non-hydrogen) atoms. The Morgan fingerprint density at radius 2 is 1.04 bits per heavy atom. The van der Waals surface area contributed by atoms with E-state index in [-0.39, 0.29) is 24.1 Å². The molecule has 0 radical (unpaired) electrons. The molecule has 3 aliphatic carbocycles. The van der Waals surface area contributed by atoms with E-state index in [1.807, 2.05) is 12.2 Å². The lowest BCUT2D eigenvalue weighted by atomic mass is 9.95. The van der Waals surface area contributed by atoms with Crippen LogP contribution in [0.2, 0.25) is 0 Å². The van der Waals surface area contributed by atoms with Gasteiger partial charge in [-0.15, -0.1) is 0 Å². The molecule has 0 aromatic heterocycles. The minimum Gasteiger partial charge on any atom is -0.459 e. The van der Waals surface area contributed by atoms with E-state index in [4.69, 9.17) is 9.47 Å². The maximum atomic E-state index is 12.5. The third-order valence-electron chi connectivity index (χ3n) is 5.25. The average Bonchev–Trinajstić information content (AvgIpc) is 2.63. The molecule has 0 aromatic carbocycles. The van der Waals surface area contributed by atoms with Crippen molar-refractivity contribution < 1.29 is 19.1 Å². The first-order chi connectivity index (χ1) is 11.7. The monoisotopic (exact) mass is 332 g/mol. The van der Waals surface area contributed by atoms with Gasteiger partial charge in [0.25, 0.3) is 0 Å². The van der Waals surface area contributed by atoms with E-state index in [1.54, 1.807) is 0 Å². The van der Waals surface area contributed by atoms with E-state index in [0.29, 0.717) is 11.1 Å². The molecule has 0 bridgehead atoms. The van der Waals surface area contributed by atoms with Gasteiger partial charge in [-0.1, -0.05) is 25.0 Å². The fourth-order valence-electron chi connectivity index (χ4n) is 3.86. The molecule has 3 aliphatic rings. The molecule has 0 aliphatic heterocycles. The molecule has 4 nitrogen and oxygen atoms in total. The highest BCUT2D eigenvalue weighted by atomic mass is 16.6. The molecule has 0 saturated heterocycles. The summed E-state index contributed by atoms with van der Waals surface area (Å²) in [6.45, 7) is 0. The van der Waals surface area contributed by atoms with Crippen molar-refractivity contribution in [2.45, 2.75) is 89.3 Å². The van der Waals surface area contributed by atoms with Crippen molar-refractivity contribution in [2.75, 3.05) is 0 Å². The Balaban J connectivity index is 1.60. The van der Waals surface area contributed by atoms with Crippen LogP contribution < -0.4 is 0 Å². The normalized spacial score (nSPS) is 23.2. The molecular formula is C20H28O4. The Morgan fingerprint density at radius 1 is 0.667 bits per heavy atom. The maximum absolute atomic E-state index is 12.5. The zero-order chi connectivity index (χ0) is 16.8. The highest BCUT2D eigenvalue weighted by Gasteiger charge is 2.29. The van der Waals surface area contributed by atoms with Crippen LogP contribution in [0.1, 0.15) is 77.0 Å². The maximum Gasteiger partial charge on any atom is 0.338 e. The molecule has 2 saturated carbocycles. The van der Waals surface area contributed by atoms with Crippen molar-refractivity contribution >= 4 is 11.9 Å². The molecule has 132 valence electrons. The molecule has 0 amide bonds. The molecule has 0 aromatic rings. The predicted octanol–water partition coefficient (Wildman–Crippen LogP) is 4.38. The van der Waals surface area contributed by atoms with Gasteiger partial charge in [0.15, 0.2) is 0 Å². The number of carbonyl (C=O) groups is 2. The van der Waals surface area contributed by atoms with Crippen LogP contribution >= 0.6 is 0 Å². The van der Waals surface area contributed by atoms with Crippen LogP contribution in [0.15, 0.2) is 23.3 Å². The van der Waals surface area contributed by atoms with Crippen LogP contribution in [0.5, 0.6) is 0 Å². The summed E-state index contributed by atoms with van der Waals surface area (Å²) >= 11 is 0. The van der Waals surface area contributed by atoms with Crippen LogP contribution in [0.4, 0.5) is 0 Å². The summed E-state index contributed by atoms with van der Waals surface area (Å²) in [6.07, 6.45) is 15.9. The Bertz CT molecular complexity index is 472. The first kappa shape index (κ1) is 17.2. The molecule has 0 spiro atoms. The lowest BCUT2D eigenvalue weighted by molar-refractivity contribution is -0.149. The van der Waals surface area contributed by atoms with Crippen molar-refractivity contribution in [2.24, 2.45) is 0 Å². The van der Waals surface area contributed by atoms with Gasteiger partial charge < -0.3 is 9.47 Å². The van der Waals surface area contributed by atoms with Crippen LogP contribution in [0.3, 0.4) is 0 Å². The second kappa shape index (κ2) is 8.50. The summed E-state index contributed by atoms with van der Waals surface area (Å²) in [5.74, 6) is -0.707. The van der Waals surface area contributed by atoms with Gasteiger partial charge in [-0.3, -0.25) is 0 Å². The Hall–Kier alpha value is -1.58. The number of hydrogen-bond donors (Lipinski definition) is 0. The Morgan fingerprint density at radius 3 is 1.42 bits per heavy atom. The molecule has 0 N–H and O–H groups in total. The van der Waals surface area contributed by atoms with Gasteiger partial charge >= 0.3 is 11.9 Å². The summed E-state index contributed by atoms with van der Waals surface area (Å²) in [5, 5.41) is 0. The molecule has 0 unspecified atom stereocenters. The average molecular weight is 332 g/mol. The van der Waals surface area contributed by atoms with Gasteiger partial charge in [0.1, 0.15) is 12.2 Å². The van der Waals surface area contributed by atoms with Gasteiger partial charge in [-0.2, -0.15) is 0 Å². The number of carbonyl (C=O) groups excluding carboxylic acids is 2. The minimum atomic E-state index is -0.353. The molecule has 0 heterocycles. The van der Waals surface area contributed by atoms with E-state index >= 15 is 0 Å². The predicted molar refractivity (Wildman–Crippen MR) is 91.3 cm³/mol. The second-order valence-corrected chi connectivity index (χ2v) is 7.14. The van der Waals surface area contributed by atoms with Crippen molar-refractivity contribution in [3.05, 3.63) is 23.3 Å². The van der Waals surface area contributed by atoms with Crippen molar-refractivity contribution in [3.63, 3.8) is 0 Å². The smallest absolute Gasteiger partial charge is 0.338 e. The van der Waals surface area contributed by atoms with Crippen molar-refractivity contribution in [1.29, 1.82) is 0 Å². The summed E-state index contributed by atoms with van der Waals surface area (Å²) in [4.78, 5) is 25.1. The topological polar surface area (TPSA) is 52.6 Å². The number of hydrogen-bond acceptors (Lipinski definition) is 4. The number of ether oxygens (including phenoxy) is 2. The van der Waals surface area contributed by atoms with Gasteiger partial charge in [0.2, 0.25) is 0 Å². The fraction of sp³-hybridized carbons (Fsp3) is 0.700. The van der Waals surface area contributed by atoms with Gasteiger partial charge in [-0.25, -0.2) is 9.59 Å². The van der Waals surface area contributed by atoms with Crippen LogP contribution in [-0.4, -0.2) is 24.1 Å². The van der Waals surface area contributed by atoms with E-state index < -0.39 is 0 Å². The van der Waals surface area contributed by atoms with E-state index in [1.165, 1.54) is 12.8 Å². The molecular weight excluding hydrogens is 304 g/mol. The second-order valence-electron chi connectivity index (χ2n) is 7.14. The zero-order valence-corrected chi connectivity index (χ0v) is 14.4. The Kier molecular flexibility index (Phi) is 6.11. The van der Waals surface area contributed by atoms with E-state index in [9.17, 15) is 9.59 Å². The zero-order valence-electron chi connectivity index (χ0n) is 14.4. The van der Waals surface area contributed by atoms with Crippen LogP contribution in [0.25, 0.3) is 0 Å². The molecule has 0 atom stereocenters. The third kappa shape index (κ3) is 4.49. The van der Waals surface area contributed by atoms with Crippen LogP contribution in [0, 0.1) is 0 Å². The minimum absolute atomic E-state index is 0.00434. The van der Waals surface area contributed by atoms with Crippen molar-refractivity contribution in [1.82, 2.24) is 0 Å². The summed E-state index contributed by atoms with van der Waals surface area (Å²) in [5.41, 5.74) is 0.820. The highest BCUT2D eigenvalue weighted by Crippen LogP contribution is 2.27. The van der Waals surface area contributed by atoms with Crippen molar-refractivity contribution in [3.8, 4) is 0 Å². The van der Waals surface area contributed by atoms with Gasteiger partial charge in [0, 0.05) is 0 Å². The molecule has 2 fully saturated rings. The molecule has 4 heteroatoms. The Labute approximate surface area is 144 Å². The van der Waals surface area contributed by atoms with Crippen LogP contribution in [-0.2, 0) is 19.1 Å². The largest absolute Gasteiger partial charge is 0.459 e. The van der Waals surface area contributed by atoms with E-state index in [0.717, 1.165) is 64.2 Å². The van der Waals surface area contributed by atoms with E-state index in [2.05, 4.69) is 0 Å². The van der Waals surface area contributed by atoms with Gasteiger partial charge in [-0.05, 0) is 64.2 Å². The third-order valence-corrected chi connectivity index (χ3v) is 5.25. The lowest BCUT2D eigenvalue weighted by Crippen LogP contribution is -2.27. The summed E-state index contributed by atoms with van der Waals surface area (Å²) in [7, 11) is 0. The first-order valence-corrected chi connectivity index (χ1v) is 9.56. The lowest BCUT2D eigenvalue weighted by Gasteiger charge is -2.25. The first-order valence-electron chi connectivity index (χ1n) is 9.56. The highest BCUT2D eigenvalue weighted by molar-refractivity contribution is 6.07.